The SMILES string of the molecule is CNCc1nnc(SCc2nc(CCOC)no2)n1C. The molecule has 2 rings (SSSR count). The van der Waals surface area contributed by atoms with Gasteiger partial charge in [0.05, 0.1) is 18.9 Å². The Morgan fingerprint density at radius 1 is 1.40 bits per heavy atom. The minimum absolute atomic E-state index is 0.575. The number of rotatable bonds is 8. The van der Waals surface area contributed by atoms with Gasteiger partial charge in [-0.1, -0.05) is 16.9 Å². The summed E-state index contributed by atoms with van der Waals surface area (Å²) in [7, 11) is 5.46. The van der Waals surface area contributed by atoms with Crippen LogP contribution in [0.4, 0.5) is 0 Å². The lowest BCUT2D eigenvalue weighted by molar-refractivity contribution is 0.199. The number of nitrogens with one attached hydrogen (secondary N) is 1. The summed E-state index contributed by atoms with van der Waals surface area (Å²) in [5, 5.41) is 16.0. The molecule has 2 heterocycles. The van der Waals surface area contributed by atoms with Crippen molar-refractivity contribution >= 4 is 11.8 Å². The third-order valence-corrected chi connectivity index (χ3v) is 3.63. The molecule has 20 heavy (non-hydrogen) atoms. The number of methoxy groups -OCH3 is 1. The van der Waals surface area contributed by atoms with Gasteiger partial charge in [0.1, 0.15) is 5.82 Å². The molecule has 8 nitrogen and oxygen atoms in total. The monoisotopic (exact) mass is 298 g/mol. The van der Waals surface area contributed by atoms with Gasteiger partial charge in [0, 0.05) is 20.6 Å². The Bertz CT molecular complexity index is 541. The highest BCUT2D eigenvalue weighted by Crippen LogP contribution is 2.20. The molecule has 0 saturated carbocycles. The maximum Gasteiger partial charge on any atom is 0.237 e. The molecule has 0 spiro atoms. The van der Waals surface area contributed by atoms with E-state index in [1.54, 1.807) is 7.11 Å². The summed E-state index contributed by atoms with van der Waals surface area (Å²) in [6.07, 6.45) is 0.654. The van der Waals surface area contributed by atoms with Crippen LogP contribution in [0.15, 0.2) is 9.68 Å². The molecule has 9 heteroatoms. The standard InChI is InChI=1S/C11H18N6O2S/c1-12-6-9-14-15-11(17(9)2)20-7-10-13-8(16-19-10)4-5-18-3/h12H,4-7H2,1-3H3. The smallest absolute Gasteiger partial charge is 0.237 e. The predicted octanol–water partition coefficient (Wildman–Crippen LogP) is 0.399. The van der Waals surface area contributed by atoms with Crippen molar-refractivity contribution in [3.8, 4) is 0 Å². The molecular weight excluding hydrogens is 280 g/mol. The Hall–Kier alpha value is -1.45. The molecule has 2 aromatic heterocycles. The van der Waals surface area contributed by atoms with E-state index >= 15 is 0 Å². The number of thioether (sulfide) groups is 1. The van der Waals surface area contributed by atoms with Crippen molar-refractivity contribution in [3.05, 3.63) is 17.5 Å². The largest absolute Gasteiger partial charge is 0.384 e. The quantitative estimate of drug-likeness (QED) is 0.700. The third kappa shape index (κ3) is 3.78. The summed E-state index contributed by atoms with van der Waals surface area (Å²) in [4.78, 5) is 4.29. The second kappa shape index (κ2) is 7.36. The Morgan fingerprint density at radius 2 is 2.25 bits per heavy atom. The van der Waals surface area contributed by atoms with E-state index in [0.717, 1.165) is 11.0 Å². The predicted molar refractivity (Wildman–Crippen MR) is 73.2 cm³/mol. The minimum atomic E-state index is 0.575. The van der Waals surface area contributed by atoms with Gasteiger partial charge < -0.3 is 19.1 Å². The molecule has 0 fully saturated rings. The highest BCUT2D eigenvalue weighted by molar-refractivity contribution is 7.98. The number of nitrogens with zero attached hydrogens (tertiary/aromatic N) is 5. The van der Waals surface area contributed by atoms with E-state index in [1.807, 2.05) is 18.7 Å². The van der Waals surface area contributed by atoms with Crippen LogP contribution in [0.5, 0.6) is 0 Å². The number of hydrogen-bond acceptors (Lipinski definition) is 8. The first kappa shape index (κ1) is 14.9. The van der Waals surface area contributed by atoms with Crippen LogP contribution in [0.25, 0.3) is 0 Å². The van der Waals surface area contributed by atoms with Crippen LogP contribution in [0.1, 0.15) is 17.5 Å². The van der Waals surface area contributed by atoms with Gasteiger partial charge in [-0.15, -0.1) is 10.2 Å². The zero-order valence-corrected chi connectivity index (χ0v) is 12.6. The number of hydrogen-bond donors (Lipinski definition) is 1. The topological polar surface area (TPSA) is 90.9 Å². The van der Waals surface area contributed by atoms with Gasteiger partial charge in [-0.3, -0.25) is 0 Å². The Labute approximate surface area is 121 Å². The molecule has 0 aromatic carbocycles. The molecule has 0 aliphatic rings. The van der Waals surface area contributed by atoms with Crippen LogP contribution in [0.3, 0.4) is 0 Å². The van der Waals surface area contributed by atoms with Crippen molar-refractivity contribution in [1.82, 2.24) is 30.2 Å². The molecule has 0 aliphatic carbocycles. The Kier molecular flexibility index (Phi) is 5.50. The molecule has 2 aromatic rings. The van der Waals surface area contributed by atoms with E-state index in [0.29, 0.717) is 37.0 Å². The summed E-state index contributed by atoms with van der Waals surface area (Å²) in [5.74, 6) is 2.71. The van der Waals surface area contributed by atoms with E-state index in [9.17, 15) is 0 Å². The van der Waals surface area contributed by atoms with Crippen LogP contribution in [-0.2, 0) is 30.5 Å². The van der Waals surface area contributed by atoms with Gasteiger partial charge in [0.25, 0.3) is 0 Å². The summed E-state index contributed by atoms with van der Waals surface area (Å²) >= 11 is 1.52. The van der Waals surface area contributed by atoms with Crippen molar-refractivity contribution in [2.24, 2.45) is 7.05 Å². The summed E-state index contributed by atoms with van der Waals surface area (Å²) in [6.45, 7) is 1.27. The lowest BCUT2D eigenvalue weighted by Gasteiger charge is -2.01. The molecule has 0 amide bonds. The van der Waals surface area contributed by atoms with E-state index in [2.05, 4.69) is 25.7 Å². The lowest BCUT2D eigenvalue weighted by Crippen LogP contribution is -2.10. The highest BCUT2D eigenvalue weighted by Gasteiger charge is 2.11. The first-order valence-corrected chi connectivity index (χ1v) is 7.19. The molecule has 0 unspecified atom stereocenters. The van der Waals surface area contributed by atoms with Crippen LogP contribution >= 0.6 is 11.8 Å². The molecule has 1 N–H and O–H groups in total. The van der Waals surface area contributed by atoms with Gasteiger partial charge >= 0.3 is 0 Å². The maximum absolute atomic E-state index is 5.17. The average molecular weight is 298 g/mol. The van der Waals surface area contributed by atoms with Crippen LogP contribution in [0, 0.1) is 0 Å². The molecule has 0 aliphatic heterocycles. The molecule has 110 valence electrons. The summed E-state index contributed by atoms with van der Waals surface area (Å²) < 4.78 is 12.1. The minimum Gasteiger partial charge on any atom is -0.384 e. The Morgan fingerprint density at radius 3 is 3.00 bits per heavy atom. The van der Waals surface area contributed by atoms with Crippen LogP contribution < -0.4 is 5.32 Å². The third-order valence-electron chi connectivity index (χ3n) is 2.62. The normalized spacial score (nSPS) is 11.2. The van der Waals surface area contributed by atoms with Crippen molar-refractivity contribution in [2.45, 2.75) is 23.9 Å². The fourth-order valence-corrected chi connectivity index (χ4v) is 2.32. The first-order chi connectivity index (χ1) is 9.74. The highest BCUT2D eigenvalue weighted by atomic mass is 32.2. The fraction of sp³-hybridized carbons (Fsp3) is 0.636. The van der Waals surface area contributed by atoms with Crippen molar-refractivity contribution in [2.75, 3.05) is 20.8 Å². The zero-order valence-electron chi connectivity index (χ0n) is 11.8. The molecular formula is C11H18N6O2S. The Balaban J connectivity index is 1.90. The number of aromatic nitrogens is 5. The van der Waals surface area contributed by atoms with Crippen LogP contribution in [-0.4, -0.2) is 45.7 Å². The van der Waals surface area contributed by atoms with Gasteiger partial charge in [0.2, 0.25) is 5.89 Å². The average Bonchev–Trinajstić information content (AvgIpc) is 3.03. The van der Waals surface area contributed by atoms with Crippen molar-refractivity contribution < 1.29 is 9.26 Å². The first-order valence-electron chi connectivity index (χ1n) is 6.20. The van der Waals surface area contributed by atoms with Crippen LogP contribution in [0.2, 0.25) is 0 Å². The van der Waals surface area contributed by atoms with E-state index in [-0.39, 0.29) is 0 Å². The van der Waals surface area contributed by atoms with E-state index in [1.165, 1.54) is 11.8 Å². The van der Waals surface area contributed by atoms with Gasteiger partial charge in [-0.25, -0.2) is 0 Å². The zero-order chi connectivity index (χ0) is 14.4. The van der Waals surface area contributed by atoms with E-state index < -0.39 is 0 Å². The van der Waals surface area contributed by atoms with Crippen molar-refractivity contribution in [1.29, 1.82) is 0 Å². The second-order valence-electron chi connectivity index (χ2n) is 4.12. The van der Waals surface area contributed by atoms with Gasteiger partial charge in [0.15, 0.2) is 11.0 Å². The second-order valence-corrected chi connectivity index (χ2v) is 5.07. The lowest BCUT2D eigenvalue weighted by atomic mass is 10.4. The molecule has 0 radical (unpaired) electrons. The molecule has 0 saturated heterocycles. The molecule has 0 bridgehead atoms. The maximum atomic E-state index is 5.17. The van der Waals surface area contributed by atoms with Gasteiger partial charge in [-0.05, 0) is 7.05 Å². The summed E-state index contributed by atoms with van der Waals surface area (Å²) in [5.41, 5.74) is 0. The van der Waals surface area contributed by atoms with Crippen molar-refractivity contribution in [3.63, 3.8) is 0 Å². The number of ether oxygens (including phenoxy) is 1. The summed E-state index contributed by atoms with van der Waals surface area (Å²) in [6, 6.07) is 0. The van der Waals surface area contributed by atoms with E-state index in [4.69, 9.17) is 9.26 Å². The molecule has 0 atom stereocenters. The van der Waals surface area contributed by atoms with Gasteiger partial charge in [-0.2, -0.15) is 4.98 Å². The fourth-order valence-electron chi connectivity index (χ4n) is 1.55.